The molecule has 2 heterocycles. The molecule has 0 unspecified atom stereocenters. The van der Waals surface area contributed by atoms with Crippen LogP contribution in [0.2, 0.25) is 0 Å². The highest BCUT2D eigenvalue weighted by atomic mass is 32.2. The van der Waals surface area contributed by atoms with E-state index in [-0.39, 0.29) is 28.5 Å². The average molecular weight is 624 g/mol. The molecule has 5 rings (SSSR count). The fraction of sp³-hybridized carbons (Fsp3) is 0.259. The quantitative estimate of drug-likeness (QED) is 0.227. The van der Waals surface area contributed by atoms with E-state index in [9.17, 15) is 25.6 Å². The van der Waals surface area contributed by atoms with Crippen LogP contribution in [0.3, 0.4) is 0 Å². The van der Waals surface area contributed by atoms with Gasteiger partial charge in [-0.25, -0.2) is 18.4 Å². The second-order valence-corrected chi connectivity index (χ2v) is 12.4. The first-order chi connectivity index (χ1) is 19.8. The van der Waals surface area contributed by atoms with E-state index >= 15 is 0 Å². The molecule has 15 heteroatoms. The van der Waals surface area contributed by atoms with Crippen molar-refractivity contribution in [2.75, 3.05) is 13.2 Å². The van der Waals surface area contributed by atoms with Crippen LogP contribution < -0.4 is 0 Å². The van der Waals surface area contributed by atoms with Crippen molar-refractivity contribution in [3.05, 3.63) is 108 Å². The summed E-state index contributed by atoms with van der Waals surface area (Å²) in [5.74, 6) is -1.56. The topological polar surface area (TPSA) is 147 Å². The van der Waals surface area contributed by atoms with E-state index in [1.807, 2.05) is 13.8 Å². The zero-order chi connectivity index (χ0) is 30.5. The highest BCUT2D eigenvalue weighted by molar-refractivity contribution is 7.86. The van der Waals surface area contributed by atoms with Crippen molar-refractivity contribution >= 4 is 20.2 Å². The molecule has 0 amide bonds. The van der Waals surface area contributed by atoms with Gasteiger partial charge in [0.05, 0.1) is 22.9 Å². The van der Waals surface area contributed by atoms with E-state index in [1.54, 1.807) is 24.3 Å². The second kappa shape index (κ2) is 12.7. The summed E-state index contributed by atoms with van der Waals surface area (Å²) in [6, 6.07) is 15.3. The van der Waals surface area contributed by atoms with Crippen molar-refractivity contribution in [3.63, 3.8) is 0 Å². The monoisotopic (exact) mass is 623 g/mol. The standard InChI is InChI=1S/C20H19F2N3O5S.C7H8O3S/c1-14-2-5-16(6-3-14)31(26,27)29-9-19-28-11-20(30-19,10-25-13-23-12-24-25)17-7-4-15(21)8-18(17)22;1-6-2-4-7(5-3-6)11(8,9)10/h2-8,12-13,19H,9-11H2,1H3;2-5H,1H3,(H,8,9,10)/t19-,20+;/m1./s1. The number of hydrogen-bond donors (Lipinski definition) is 1. The largest absolute Gasteiger partial charge is 0.347 e. The normalized spacial score (nSPS) is 18.8. The third-order valence-corrected chi connectivity index (χ3v) is 8.32. The number of hydrogen-bond acceptors (Lipinski definition) is 9. The molecular formula is C27H27F2N3O8S2. The first kappa shape index (κ1) is 31.3. The molecule has 224 valence electrons. The van der Waals surface area contributed by atoms with Gasteiger partial charge < -0.3 is 9.47 Å². The Hall–Kier alpha value is -3.60. The van der Waals surface area contributed by atoms with Gasteiger partial charge in [-0.05, 0) is 44.2 Å². The molecule has 2 atom stereocenters. The maximum atomic E-state index is 14.6. The molecule has 0 bridgehead atoms. The third-order valence-electron chi connectivity index (χ3n) is 6.15. The lowest BCUT2D eigenvalue weighted by atomic mass is 9.94. The van der Waals surface area contributed by atoms with Crippen molar-refractivity contribution in [2.24, 2.45) is 0 Å². The van der Waals surface area contributed by atoms with Crippen LogP contribution in [0.4, 0.5) is 8.78 Å². The molecular weight excluding hydrogens is 596 g/mol. The molecule has 0 radical (unpaired) electrons. The number of nitrogens with zero attached hydrogens (tertiary/aromatic N) is 3. The molecule has 1 N–H and O–H groups in total. The van der Waals surface area contributed by atoms with E-state index in [1.165, 1.54) is 47.7 Å². The van der Waals surface area contributed by atoms with Crippen LogP contribution in [0, 0.1) is 25.5 Å². The molecule has 0 saturated carbocycles. The van der Waals surface area contributed by atoms with Crippen molar-refractivity contribution in [2.45, 2.75) is 42.1 Å². The summed E-state index contributed by atoms with van der Waals surface area (Å²) < 4.78 is 100. The van der Waals surface area contributed by atoms with Gasteiger partial charge in [-0.2, -0.15) is 21.9 Å². The van der Waals surface area contributed by atoms with E-state index in [4.69, 9.17) is 18.2 Å². The molecule has 0 aliphatic carbocycles. The second-order valence-electron chi connectivity index (χ2n) is 9.41. The Morgan fingerprint density at radius 3 is 2.14 bits per heavy atom. The minimum atomic E-state index is -4.04. The van der Waals surface area contributed by atoms with Gasteiger partial charge in [0.15, 0.2) is 6.29 Å². The maximum Gasteiger partial charge on any atom is 0.297 e. The Morgan fingerprint density at radius 1 is 0.976 bits per heavy atom. The minimum absolute atomic E-state index is 0.00504. The van der Waals surface area contributed by atoms with E-state index in [0.717, 1.165) is 23.3 Å². The lowest BCUT2D eigenvalue weighted by Gasteiger charge is -2.28. The van der Waals surface area contributed by atoms with Gasteiger partial charge in [-0.15, -0.1) is 0 Å². The van der Waals surface area contributed by atoms with Gasteiger partial charge in [-0.3, -0.25) is 8.74 Å². The van der Waals surface area contributed by atoms with E-state index in [2.05, 4.69) is 10.1 Å². The van der Waals surface area contributed by atoms with Crippen molar-refractivity contribution in [1.82, 2.24) is 14.8 Å². The first-order valence-electron chi connectivity index (χ1n) is 12.4. The predicted molar refractivity (Wildman–Crippen MR) is 144 cm³/mol. The Labute approximate surface area is 241 Å². The number of halogens is 2. The number of rotatable bonds is 8. The highest BCUT2D eigenvalue weighted by Crippen LogP contribution is 2.37. The smallest absolute Gasteiger partial charge is 0.297 e. The number of aromatic nitrogens is 3. The first-order valence-corrected chi connectivity index (χ1v) is 15.2. The summed E-state index contributed by atoms with van der Waals surface area (Å²) >= 11 is 0. The zero-order valence-electron chi connectivity index (χ0n) is 22.4. The minimum Gasteiger partial charge on any atom is -0.347 e. The Balaban J connectivity index is 0.000000310. The fourth-order valence-corrected chi connectivity index (χ4v) is 5.38. The lowest BCUT2D eigenvalue weighted by molar-refractivity contribution is -0.116. The highest BCUT2D eigenvalue weighted by Gasteiger charge is 2.46. The molecule has 1 aliphatic heterocycles. The Bertz CT molecular complexity index is 1720. The summed E-state index contributed by atoms with van der Waals surface area (Å²) in [5, 5.41) is 4.00. The van der Waals surface area contributed by atoms with Crippen LogP contribution in [-0.4, -0.2) is 55.7 Å². The SMILES string of the molecule is Cc1ccc(S(=O)(=O)O)cc1.Cc1ccc(S(=O)(=O)OC[C@@H]2OC[C@@](Cn3cncn3)(c3ccc(F)cc3F)O2)cc1. The van der Waals surface area contributed by atoms with E-state index < -0.39 is 50.4 Å². The molecule has 1 saturated heterocycles. The Kier molecular flexibility index (Phi) is 9.50. The van der Waals surface area contributed by atoms with Gasteiger partial charge in [-0.1, -0.05) is 41.5 Å². The third kappa shape index (κ3) is 7.81. The van der Waals surface area contributed by atoms with Crippen molar-refractivity contribution in [3.8, 4) is 0 Å². The van der Waals surface area contributed by atoms with Crippen LogP contribution in [0.25, 0.3) is 0 Å². The summed E-state index contributed by atoms with van der Waals surface area (Å²) in [5.41, 5.74) is 0.527. The maximum absolute atomic E-state index is 14.6. The average Bonchev–Trinajstić information content (AvgIpc) is 3.59. The van der Waals surface area contributed by atoms with Gasteiger partial charge in [0, 0.05) is 11.6 Å². The summed E-state index contributed by atoms with van der Waals surface area (Å²) in [6.07, 6.45) is 1.62. The molecule has 42 heavy (non-hydrogen) atoms. The van der Waals surface area contributed by atoms with Crippen LogP contribution in [0.5, 0.6) is 0 Å². The van der Waals surface area contributed by atoms with Crippen molar-refractivity contribution < 1.29 is 43.8 Å². The fourth-order valence-electron chi connectivity index (χ4n) is 4.00. The zero-order valence-corrected chi connectivity index (χ0v) is 24.1. The van der Waals surface area contributed by atoms with Gasteiger partial charge in [0.2, 0.25) is 0 Å². The Morgan fingerprint density at radius 2 is 1.60 bits per heavy atom. The van der Waals surface area contributed by atoms with E-state index in [0.29, 0.717) is 0 Å². The van der Waals surface area contributed by atoms with Gasteiger partial charge in [0.25, 0.3) is 20.2 Å². The summed E-state index contributed by atoms with van der Waals surface area (Å²) in [7, 11) is -8.06. The van der Waals surface area contributed by atoms with Gasteiger partial charge in [0.1, 0.15) is 36.5 Å². The van der Waals surface area contributed by atoms with Crippen LogP contribution >= 0.6 is 0 Å². The molecule has 1 fully saturated rings. The number of aryl methyl sites for hydroxylation is 2. The summed E-state index contributed by atoms with van der Waals surface area (Å²) in [6.45, 7) is 3.11. The molecule has 11 nitrogen and oxygen atoms in total. The molecule has 1 aliphatic rings. The van der Waals surface area contributed by atoms with Crippen LogP contribution in [0.1, 0.15) is 16.7 Å². The molecule has 0 spiro atoms. The molecule has 3 aromatic carbocycles. The molecule has 4 aromatic rings. The van der Waals surface area contributed by atoms with Gasteiger partial charge >= 0.3 is 0 Å². The van der Waals surface area contributed by atoms with Crippen LogP contribution in [0.15, 0.2) is 89.2 Å². The predicted octanol–water partition coefficient (Wildman–Crippen LogP) is 3.78. The summed E-state index contributed by atoms with van der Waals surface area (Å²) in [4.78, 5) is 3.78. The number of benzene rings is 3. The molecule has 1 aromatic heterocycles. The van der Waals surface area contributed by atoms with Crippen LogP contribution in [-0.2, 0) is 46.0 Å². The number of ether oxygens (including phenoxy) is 2. The lowest BCUT2D eigenvalue weighted by Crippen LogP contribution is -2.36. The van der Waals surface area contributed by atoms with Crippen molar-refractivity contribution in [1.29, 1.82) is 0 Å².